The Kier molecular flexibility index (Phi) is 7.00. The number of hydrogen-bond donors (Lipinski definition) is 1. The number of ether oxygens (including phenoxy) is 1. The van der Waals surface area contributed by atoms with E-state index >= 15 is 0 Å². The Morgan fingerprint density at radius 2 is 1.69 bits per heavy atom. The zero-order valence-electron chi connectivity index (χ0n) is 16.7. The molecule has 0 saturated heterocycles. The standard InChI is InChI=1S/C24H25N3O2/c1-3-27(18-20-9-5-4-6-10-20)21-15-13-19(14-16-21)17-25-26-24(28)22-11-7-8-12-23(22)29-2/h4-17H,3,18H2,1-2H3,(H,26,28)/b25-17+. The van der Waals surface area contributed by atoms with Crippen LogP contribution in [0.1, 0.15) is 28.4 Å². The van der Waals surface area contributed by atoms with E-state index in [9.17, 15) is 4.79 Å². The summed E-state index contributed by atoms with van der Waals surface area (Å²) < 4.78 is 5.20. The SMILES string of the molecule is CCN(Cc1ccccc1)c1ccc(/C=N/NC(=O)c2ccccc2OC)cc1. The number of methoxy groups -OCH3 is 1. The van der Waals surface area contributed by atoms with Crippen molar-refractivity contribution in [1.29, 1.82) is 0 Å². The molecule has 3 rings (SSSR count). The van der Waals surface area contributed by atoms with Crippen LogP contribution in [0.4, 0.5) is 5.69 Å². The van der Waals surface area contributed by atoms with Gasteiger partial charge in [-0.2, -0.15) is 5.10 Å². The first-order valence-corrected chi connectivity index (χ1v) is 9.56. The Labute approximate surface area is 171 Å². The van der Waals surface area contributed by atoms with Crippen LogP contribution in [0.3, 0.4) is 0 Å². The molecule has 5 nitrogen and oxygen atoms in total. The van der Waals surface area contributed by atoms with Gasteiger partial charge >= 0.3 is 0 Å². The summed E-state index contributed by atoms with van der Waals surface area (Å²) in [6, 6.07) is 25.6. The summed E-state index contributed by atoms with van der Waals surface area (Å²) in [5.74, 6) is 0.206. The second-order valence-corrected chi connectivity index (χ2v) is 6.49. The molecule has 148 valence electrons. The fourth-order valence-electron chi connectivity index (χ4n) is 3.02. The molecule has 0 aliphatic heterocycles. The number of amides is 1. The molecular formula is C24H25N3O2. The third kappa shape index (κ3) is 5.45. The number of anilines is 1. The van der Waals surface area contributed by atoms with Gasteiger partial charge in [-0.05, 0) is 42.3 Å². The molecule has 0 atom stereocenters. The predicted octanol–water partition coefficient (Wildman–Crippen LogP) is 4.49. The number of para-hydroxylation sites is 1. The Hall–Kier alpha value is -3.60. The van der Waals surface area contributed by atoms with Gasteiger partial charge in [0, 0.05) is 18.8 Å². The average molecular weight is 387 g/mol. The Morgan fingerprint density at radius 3 is 2.38 bits per heavy atom. The fourth-order valence-corrected chi connectivity index (χ4v) is 3.02. The van der Waals surface area contributed by atoms with Crippen LogP contribution in [0.25, 0.3) is 0 Å². The summed E-state index contributed by atoms with van der Waals surface area (Å²) in [7, 11) is 1.54. The number of carbonyl (C=O) groups excluding carboxylic acids is 1. The van der Waals surface area contributed by atoms with Crippen molar-refractivity contribution in [1.82, 2.24) is 5.43 Å². The third-order valence-corrected chi connectivity index (χ3v) is 4.59. The van der Waals surface area contributed by atoms with Crippen LogP contribution in [0.2, 0.25) is 0 Å². The molecule has 29 heavy (non-hydrogen) atoms. The molecule has 0 fully saturated rings. The van der Waals surface area contributed by atoms with Crippen molar-refractivity contribution in [2.24, 2.45) is 5.10 Å². The number of hydrogen-bond acceptors (Lipinski definition) is 4. The van der Waals surface area contributed by atoms with Crippen molar-refractivity contribution in [3.63, 3.8) is 0 Å². The van der Waals surface area contributed by atoms with E-state index < -0.39 is 0 Å². The summed E-state index contributed by atoms with van der Waals surface area (Å²) >= 11 is 0. The lowest BCUT2D eigenvalue weighted by Crippen LogP contribution is -2.21. The molecular weight excluding hydrogens is 362 g/mol. The summed E-state index contributed by atoms with van der Waals surface area (Å²) in [6.45, 7) is 3.92. The van der Waals surface area contributed by atoms with E-state index in [1.54, 1.807) is 24.4 Å². The Balaban J connectivity index is 1.61. The number of hydrazone groups is 1. The fraction of sp³-hybridized carbons (Fsp3) is 0.167. The molecule has 5 heteroatoms. The van der Waals surface area contributed by atoms with E-state index in [-0.39, 0.29) is 5.91 Å². The summed E-state index contributed by atoms with van der Waals surface area (Å²) in [5, 5.41) is 4.06. The second-order valence-electron chi connectivity index (χ2n) is 6.49. The number of benzene rings is 3. The molecule has 0 aliphatic carbocycles. The van der Waals surface area contributed by atoms with E-state index in [0.717, 1.165) is 24.3 Å². The van der Waals surface area contributed by atoms with E-state index in [1.807, 2.05) is 24.3 Å². The highest BCUT2D eigenvalue weighted by Crippen LogP contribution is 2.18. The van der Waals surface area contributed by atoms with Gasteiger partial charge in [-0.1, -0.05) is 54.6 Å². The van der Waals surface area contributed by atoms with Gasteiger partial charge in [0.1, 0.15) is 5.75 Å². The molecule has 0 bridgehead atoms. The molecule has 3 aromatic carbocycles. The van der Waals surface area contributed by atoms with Gasteiger partial charge in [-0.15, -0.1) is 0 Å². The Morgan fingerprint density at radius 1 is 1.00 bits per heavy atom. The van der Waals surface area contributed by atoms with Crippen LogP contribution in [0.15, 0.2) is 84.0 Å². The minimum atomic E-state index is -0.310. The maximum Gasteiger partial charge on any atom is 0.275 e. The van der Waals surface area contributed by atoms with Gasteiger partial charge in [0.2, 0.25) is 0 Å². The van der Waals surface area contributed by atoms with Crippen molar-refractivity contribution in [2.75, 3.05) is 18.6 Å². The average Bonchev–Trinajstić information content (AvgIpc) is 2.78. The zero-order valence-corrected chi connectivity index (χ0v) is 16.7. The number of rotatable bonds is 8. The minimum Gasteiger partial charge on any atom is -0.496 e. The highest BCUT2D eigenvalue weighted by atomic mass is 16.5. The van der Waals surface area contributed by atoms with Crippen LogP contribution in [-0.2, 0) is 6.54 Å². The predicted molar refractivity (Wildman–Crippen MR) is 118 cm³/mol. The zero-order chi connectivity index (χ0) is 20.5. The van der Waals surface area contributed by atoms with Crippen molar-refractivity contribution in [3.05, 3.63) is 95.6 Å². The maximum absolute atomic E-state index is 12.3. The van der Waals surface area contributed by atoms with Crippen molar-refractivity contribution in [2.45, 2.75) is 13.5 Å². The van der Waals surface area contributed by atoms with Gasteiger partial charge in [-0.25, -0.2) is 5.43 Å². The van der Waals surface area contributed by atoms with Gasteiger partial charge in [0.05, 0.1) is 18.9 Å². The monoisotopic (exact) mass is 387 g/mol. The lowest BCUT2D eigenvalue weighted by Gasteiger charge is -2.23. The first-order valence-electron chi connectivity index (χ1n) is 9.56. The van der Waals surface area contributed by atoms with E-state index in [0.29, 0.717) is 11.3 Å². The van der Waals surface area contributed by atoms with E-state index in [2.05, 4.69) is 58.7 Å². The largest absolute Gasteiger partial charge is 0.496 e. The molecule has 0 aromatic heterocycles. The van der Waals surface area contributed by atoms with Gasteiger partial charge in [0.25, 0.3) is 5.91 Å². The van der Waals surface area contributed by atoms with Crippen LogP contribution in [0.5, 0.6) is 5.75 Å². The third-order valence-electron chi connectivity index (χ3n) is 4.59. The lowest BCUT2D eigenvalue weighted by atomic mass is 10.1. The second kappa shape index (κ2) is 10.1. The van der Waals surface area contributed by atoms with E-state index in [1.165, 1.54) is 12.7 Å². The molecule has 1 amide bonds. The van der Waals surface area contributed by atoms with Crippen LogP contribution in [-0.4, -0.2) is 25.8 Å². The molecule has 0 aliphatic rings. The van der Waals surface area contributed by atoms with Crippen molar-refractivity contribution >= 4 is 17.8 Å². The quantitative estimate of drug-likeness (QED) is 0.458. The molecule has 0 saturated carbocycles. The lowest BCUT2D eigenvalue weighted by molar-refractivity contribution is 0.0952. The summed E-state index contributed by atoms with van der Waals surface area (Å²) in [6.07, 6.45) is 1.63. The van der Waals surface area contributed by atoms with Gasteiger partial charge in [-0.3, -0.25) is 4.79 Å². The number of carbonyl (C=O) groups is 1. The topological polar surface area (TPSA) is 53.9 Å². The highest BCUT2D eigenvalue weighted by Gasteiger charge is 2.10. The van der Waals surface area contributed by atoms with Crippen LogP contribution < -0.4 is 15.1 Å². The summed E-state index contributed by atoms with van der Waals surface area (Å²) in [4.78, 5) is 14.6. The van der Waals surface area contributed by atoms with E-state index in [4.69, 9.17) is 4.74 Å². The molecule has 0 heterocycles. The van der Waals surface area contributed by atoms with Crippen LogP contribution >= 0.6 is 0 Å². The molecule has 1 N–H and O–H groups in total. The maximum atomic E-state index is 12.3. The molecule has 0 unspecified atom stereocenters. The molecule has 0 radical (unpaired) electrons. The Bertz CT molecular complexity index is 953. The first-order chi connectivity index (χ1) is 14.2. The summed E-state index contributed by atoms with van der Waals surface area (Å²) in [5.41, 5.74) is 6.32. The van der Waals surface area contributed by atoms with Crippen molar-refractivity contribution < 1.29 is 9.53 Å². The van der Waals surface area contributed by atoms with Crippen molar-refractivity contribution in [3.8, 4) is 5.75 Å². The first kappa shape index (κ1) is 20.1. The number of nitrogens with zero attached hydrogens (tertiary/aromatic N) is 2. The van der Waals surface area contributed by atoms with Gasteiger partial charge < -0.3 is 9.64 Å². The molecule has 3 aromatic rings. The smallest absolute Gasteiger partial charge is 0.275 e. The van der Waals surface area contributed by atoms with Gasteiger partial charge in [0.15, 0.2) is 0 Å². The van der Waals surface area contributed by atoms with Crippen LogP contribution in [0, 0.1) is 0 Å². The number of nitrogens with one attached hydrogen (secondary N) is 1. The molecule has 0 spiro atoms. The minimum absolute atomic E-state index is 0.310. The highest BCUT2D eigenvalue weighted by molar-refractivity contribution is 5.97. The normalized spacial score (nSPS) is 10.7.